The van der Waals surface area contributed by atoms with Gasteiger partial charge in [-0.3, -0.25) is 0 Å². The lowest BCUT2D eigenvalue weighted by molar-refractivity contribution is -0.109. The number of carbonyl (C=O) groups excluding carboxylic acids is 1. The fraction of sp³-hybridized carbons (Fsp3) is 0.889. The molecule has 2 nitrogen and oxygen atoms in total. The predicted octanol–water partition coefficient (Wildman–Crippen LogP) is 1.50. The van der Waals surface area contributed by atoms with E-state index in [9.17, 15) is 4.79 Å². The molecule has 0 aromatic rings. The average molecular weight is 155 g/mol. The van der Waals surface area contributed by atoms with Crippen molar-refractivity contribution in [3.63, 3.8) is 0 Å². The van der Waals surface area contributed by atoms with Gasteiger partial charge in [-0.15, -0.1) is 0 Å². The second kappa shape index (κ2) is 4.50. The van der Waals surface area contributed by atoms with E-state index < -0.39 is 0 Å². The lowest BCUT2D eigenvalue weighted by atomic mass is 10.1. The summed E-state index contributed by atoms with van der Waals surface area (Å²) in [6.07, 6.45) is 6.93. The van der Waals surface area contributed by atoms with Crippen LogP contribution in [0.15, 0.2) is 0 Å². The van der Waals surface area contributed by atoms with E-state index in [1.165, 1.54) is 19.3 Å². The third-order valence-electron chi connectivity index (χ3n) is 2.42. The van der Waals surface area contributed by atoms with Gasteiger partial charge in [-0.05, 0) is 19.3 Å². The second-order valence-electron chi connectivity index (χ2n) is 3.30. The third kappa shape index (κ3) is 2.62. The molecule has 2 unspecified atom stereocenters. The Morgan fingerprint density at radius 3 is 2.82 bits per heavy atom. The van der Waals surface area contributed by atoms with E-state index in [-0.39, 0.29) is 6.04 Å². The lowest BCUT2D eigenvalue weighted by Crippen LogP contribution is -2.37. The van der Waals surface area contributed by atoms with Gasteiger partial charge in [-0.1, -0.05) is 19.8 Å². The van der Waals surface area contributed by atoms with Crippen molar-refractivity contribution in [2.45, 2.75) is 51.1 Å². The highest BCUT2D eigenvalue weighted by Gasteiger charge is 2.16. The Kier molecular flexibility index (Phi) is 3.57. The molecule has 1 heterocycles. The van der Waals surface area contributed by atoms with Gasteiger partial charge in [0.2, 0.25) is 0 Å². The standard InChI is InChI=1S/C9H17NO/c1-2-8-5-3-4-6-9(7-11)10-8/h7-10H,2-6H2,1H3. The summed E-state index contributed by atoms with van der Waals surface area (Å²) in [5, 5.41) is 3.35. The number of carbonyl (C=O) groups is 1. The molecular formula is C9H17NO. The molecule has 0 spiro atoms. The zero-order valence-electron chi connectivity index (χ0n) is 7.18. The van der Waals surface area contributed by atoms with Crippen molar-refractivity contribution in [1.29, 1.82) is 0 Å². The van der Waals surface area contributed by atoms with Crippen LogP contribution in [0.1, 0.15) is 39.0 Å². The molecular weight excluding hydrogens is 138 g/mol. The van der Waals surface area contributed by atoms with Crippen molar-refractivity contribution < 1.29 is 4.79 Å². The van der Waals surface area contributed by atoms with Crippen LogP contribution in [0.25, 0.3) is 0 Å². The SMILES string of the molecule is CCC1CCCCC(C=O)N1. The summed E-state index contributed by atoms with van der Waals surface area (Å²) in [6, 6.07) is 0.704. The van der Waals surface area contributed by atoms with E-state index in [2.05, 4.69) is 12.2 Å². The quantitative estimate of drug-likeness (QED) is 0.612. The van der Waals surface area contributed by atoms with Crippen molar-refractivity contribution in [3.05, 3.63) is 0 Å². The summed E-state index contributed by atoms with van der Waals surface area (Å²) in [4.78, 5) is 10.5. The van der Waals surface area contributed by atoms with Crippen LogP contribution in [0, 0.1) is 0 Å². The Morgan fingerprint density at radius 2 is 2.18 bits per heavy atom. The average Bonchev–Trinajstić information content (AvgIpc) is 2.28. The summed E-state index contributed by atoms with van der Waals surface area (Å²) in [5.74, 6) is 0. The molecule has 0 aromatic heterocycles. The first-order chi connectivity index (χ1) is 5.36. The topological polar surface area (TPSA) is 29.1 Å². The highest BCUT2D eigenvalue weighted by atomic mass is 16.1. The Labute approximate surface area is 68.4 Å². The highest BCUT2D eigenvalue weighted by molar-refractivity contribution is 5.57. The van der Waals surface area contributed by atoms with Crippen molar-refractivity contribution >= 4 is 6.29 Å². The molecule has 0 bridgehead atoms. The third-order valence-corrected chi connectivity index (χ3v) is 2.42. The lowest BCUT2D eigenvalue weighted by Gasteiger charge is -2.16. The van der Waals surface area contributed by atoms with Crippen LogP contribution in [0.4, 0.5) is 0 Å². The highest BCUT2D eigenvalue weighted by Crippen LogP contribution is 2.13. The molecule has 64 valence electrons. The van der Waals surface area contributed by atoms with E-state index in [1.54, 1.807) is 0 Å². The molecule has 0 aliphatic carbocycles. The predicted molar refractivity (Wildman–Crippen MR) is 45.5 cm³/mol. The fourth-order valence-corrected chi connectivity index (χ4v) is 1.65. The van der Waals surface area contributed by atoms with Crippen molar-refractivity contribution in [1.82, 2.24) is 5.32 Å². The van der Waals surface area contributed by atoms with Crippen molar-refractivity contribution in [2.75, 3.05) is 0 Å². The molecule has 1 saturated heterocycles. The van der Waals surface area contributed by atoms with Gasteiger partial charge in [0.05, 0.1) is 6.04 Å². The van der Waals surface area contributed by atoms with Crippen LogP contribution in [0.5, 0.6) is 0 Å². The molecule has 1 aliphatic rings. The minimum absolute atomic E-state index is 0.127. The summed E-state index contributed by atoms with van der Waals surface area (Å²) in [5.41, 5.74) is 0. The normalized spacial score (nSPS) is 32.8. The smallest absolute Gasteiger partial charge is 0.136 e. The maximum absolute atomic E-state index is 10.5. The minimum atomic E-state index is 0.127. The number of nitrogens with one attached hydrogen (secondary N) is 1. The zero-order chi connectivity index (χ0) is 8.10. The first kappa shape index (κ1) is 8.72. The van der Waals surface area contributed by atoms with Gasteiger partial charge in [-0.25, -0.2) is 0 Å². The molecule has 1 fully saturated rings. The van der Waals surface area contributed by atoms with Crippen LogP contribution >= 0.6 is 0 Å². The molecule has 2 heteroatoms. The van der Waals surface area contributed by atoms with Gasteiger partial charge >= 0.3 is 0 Å². The summed E-state index contributed by atoms with van der Waals surface area (Å²) < 4.78 is 0. The fourth-order valence-electron chi connectivity index (χ4n) is 1.65. The maximum Gasteiger partial charge on any atom is 0.136 e. The Morgan fingerprint density at radius 1 is 1.45 bits per heavy atom. The van der Waals surface area contributed by atoms with Crippen LogP contribution in [-0.4, -0.2) is 18.4 Å². The minimum Gasteiger partial charge on any atom is -0.305 e. The zero-order valence-corrected chi connectivity index (χ0v) is 7.18. The van der Waals surface area contributed by atoms with Gasteiger partial charge in [-0.2, -0.15) is 0 Å². The monoisotopic (exact) mass is 155 g/mol. The summed E-state index contributed by atoms with van der Waals surface area (Å²) in [6.45, 7) is 2.17. The molecule has 0 radical (unpaired) electrons. The van der Waals surface area contributed by atoms with Crippen LogP contribution in [0.2, 0.25) is 0 Å². The molecule has 1 rings (SSSR count). The summed E-state index contributed by atoms with van der Waals surface area (Å²) >= 11 is 0. The first-order valence-corrected chi connectivity index (χ1v) is 4.58. The largest absolute Gasteiger partial charge is 0.305 e. The van der Waals surface area contributed by atoms with E-state index in [0.717, 1.165) is 19.1 Å². The molecule has 0 saturated carbocycles. The van der Waals surface area contributed by atoms with E-state index in [0.29, 0.717) is 6.04 Å². The van der Waals surface area contributed by atoms with Crippen LogP contribution < -0.4 is 5.32 Å². The summed E-state index contributed by atoms with van der Waals surface area (Å²) in [7, 11) is 0. The van der Waals surface area contributed by atoms with Crippen LogP contribution in [-0.2, 0) is 4.79 Å². The Balaban J connectivity index is 2.39. The number of hydrogen-bond acceptors (Lipinski definition) is 2. The number of rotatable bonds is 2. The van der Waals surface area contributed by atoms with Crippen molar-refractivity contribution in [2.24, 2.45) is 0 Å². The van der Waals surface area contributed by atoms with Gasteiger partial charge in [0.15, 0.2) is 0 Å². The van der Waals surface area contributed by atoms with E-state index in [1.807, 2.05) is 0 Å². The second-order valence-corrected chi connectivity index (χ2v) is 3.30. The maximum atomic E-state index is 10.5. The molecule has 0 amide bonds. The number of hydrogen-bond donors (Lipinski definition) is 1. The Bertz CT molecular complexity index is 125. The number of aldehydes is 1. The molecule has 2 atom stereocenters. The first-order valence-electron chi connectivity index (χ1n) is 4.58. The molecule has 0 aromatic carbocycles. The van der Waals surface area contributed by atoms with E-state index >= 15 is 0 Å². The van der Waals surface area contributed by atoms with Gasteiger partial charge in [0, 0.05) is 6.04 Å². The molecule has 1 N–H and O–H groups in total. The molecule has 11 heavy (non-hydrogen) atoms. The van der Waals surface area contributed by atoms with E-state index in [4.69, 9.17) is 0 Å². The van der Waals surface area contributed by atoms with Gasteiger partial charge < -0.3 is 10.1 Å². The van der Waals surface area contributed by atoms with Crippen molar-refractivity contribution in [3.8, 4) is 0 Å². The van der Waals surface area contributed by atoms with Crippen LogP contribution in [0.3, 0.4) is 0 Å². The van der Waals surface area contributed by atoms with Gasteiger partial charge in [0.25, 0.3) is 0 Å². The molecule has 1 aliphatic heterocycles. The van der Waals surface area contributed by atoms with Gasteiger partial charge in [0.1, 0.15) is 6.29 Å². The Hall–Kier alpha value is -0.370.